The number of ether oxygens (including phenoxy) is 1. The lowest BCUT2D eigenvalue weighted by Gasteiger charge is -2.38. The van der Waals surface area contributed by atoms with Crippen molar-refractivity contribution in [3.8, 4) is 5.75 Å². The molecule has 2 aromatic rings. The number of nitrogens with zero attached hydrogens (tertiary/aromatic N) is 2. The van der Waals surface area contributed by atoms with Gasteiger partial charge in [0.05, 0.1) is 13.1 Å². The molecule has 0 radical (unpaired) electrons. The van der Waals surface area contributed by atoms with Crippen molar-refractivity contribution < 1.29 is 14.3 Å². The van der Waals surface area contributed by atoms with Crippen LogP contribution in [0.1, 0.15) is 23.6 Å². The van der Waals surface area contributed by atoms with E-state index in [4.69, 9.17) is 4.74 Å². The summed E-state index contributed by atoms with van der Waals surface area (Å²) in [5, 5.41) is 0. The predicted molar refractivity (Wildman–Crippen MR) is 109 cm³/mol. The van der Waals surface area contributed by atoms with E-state index in [0.29, 0.717) is 19.7 Å². The first-order valence-electron chi connectivity index (χ1n) is 9.78. The third kappa shape index (κ3) is 4.71. The molecule has 0 saturated carbocycles. The van der Waals surface area contributed by atoms with Crippen LogP contribution in [-0.4, -0.2) is 53.9 Å². The highest BCUT2D eigenvalue weighted by Gasteiger charge is 2.35. The summed E-state index contributed by atoms with van der Waals surface area (Å²) in [7, 11) is 0. The Balaban J connectivity index is 1.53. The Bertz CT molecular complexity index is 835. The van der Waals surface area contributed by atoms with E-state index in [9.17, 15) is 9.59 Å². The molecule has 2 amide bonds. The zero-order chi connectivity index (χ0) is 20.1. The van der Waals surface area contributed by atoms with Gasteiger partial charge in [-0.3, -0.25) is 9.59 Å². The fourth-order valence-corrected chi connectivity index (χ4v) is 3.58. The van der Waals surface area contributed by atoms with Crippen molar-refractivity contribution >= 4 is 11.8 Å². The average Bonchev–Trinajstić information content (AvgIpc) is 2.68. The zero-order valence-corrected chi connectivity index (χ0v) is 16.9. The molecule has 5 nitrogen and oxygen atoms in total. The van der Waals surface area contributed by atoms with Gasteiger partial charge in [0.2, 0.25) is 11.8 Å². The monoisotopic (exact) mass is 380 g/mol. The minimum absolute atomic E-state index is 0.00190. The molecule has 1 saturated heterocycles. The lowest BCUT2D eigenvalue weighted by molar-refractivity contribution is -0.155. The SMILES string of the molecule is Cc1ccc(OCCN2C(=O)CN(CCc3ccccc3)C(=O)[C@@H]2C)c(C)c1. The zero-order valence-electron chi connectivity index (χ0n) is 16.9. The molecule has 0 unspecified atom stereocenters. The maximum atomic E-state index is 12.7. The number of aryl methyl sites for hydroxylation is 2. The van der Waals surface area contributed by atoms with E-state index in [1.807, 2.05) is 56.3 Å². The van der Waals surface area contributed by atoms with Gasteiger partial charge in [-0.25, -0.2) is 0 Å². The fourth-order valence-electron chi connectivity index (χ4n) is 3.58. The van der Waals surface area contributed by atoms with Crippen molar-refractivity contribution in [2.45, 2.75) is 33.2 Å². The highest BCUT2D eigenvalue weighted by molar-refractivity contribution is 5.94. The van der Waals surface area contributed by atoms with Gasteiger partial charge in [0.25, 0.3) is 0 Å². The third-order valence-electron chi connectivity index (χ3n) is 5.22. The molecule has 1 fully saturated rings. The van der Waals surface area contributed by atoms with Crippen LogP contribution in [0.4, 0.5) is 0 Å². The van der Waals surface area contributed by atoms with Crippen LogP contribution in [0.25, 0.3) is 0 Å². The molecule has 0 aromatic heterocycles. The molecular formula is C23H28N2O3. The number of benzene rings is 2. The Morgan fingerprint density at radius 3 is 2.50 bits per heavy atom. The van der Waals surface area contributed by atoms with Crippen molar-refractivity contribution in [1.82, 2.24) is 9.80 Å². The number of rotatable bonds is 7. The van der Waals surface area contributed by atoms with E-state index in [2.05, 4.69) is 6.07 Å². The van der Waals surface area contributed by atoms with E-state index < -0.39 is 6.04 Å². The van der Waals surface area contributed by atoms with Gasteiger partial charge >= 0.3 is 0 Å². The standard InChI is InChI=1S/C23H28N2O3/c1-17-9-10-21(18(2)15-17)28-14-13-25-19(3)23(27)24(16-22(25)26)12-11-20-7-5-4-6-8-20/h4-10,15,19H,11-14,16H2,1-3H3/t19-/m0/s1. The highest BCUT2D eigenvalue weighted by Crippen LogP contribution is 2.19. The molecule has 1 aliphatic heterocycles. The number of carbonyl (C=O) groups excluding carboxylic acids is 2. The van der Waals surface area contributed by atoms with Crippen LogP contribution in [0.15, 0.2) is 48.5 Å². The Morgan fingerprint density at radius 2 is 1.79 bits per heavy atom. The lowest BCUT2D eigenvalue weighted by Crippen LogP contribution is -2.59. The van der Waals surface area contributed by atoms with E-state index in [1.165, 1.54) is 11.1 Å². The predicted octanol–water partition coefficient (Wildman–Crippen LogP) is 2.98. The second kappa shape index (κ2) is 8.91. The quantitative estimate of drug-likeness (QED) is 0.742. The van der Waals surface area contributed by atoms with Crippen LogP contribution in [0.3, 0.4) is 0 Å². The molecule has 0 spiro atoms. The molecule has 0 bridgehead atoms. The van der Waals surface area contributed by atoms with Gasteiger partial charge in [-0.15, -0.1) is 0 Å². The first-order chi connectivity index (χ1) is 13.5. The van der Waals surface area contributed by atoms with Gasteiger partial charge in [-0.05, 0) is 44.4 Å². The third-order valence-corrected chi connectivity index (χ3v) is 5.22. The topological polar surface area (TPSA) is 49.9 Å². The van der Waals surface area contributed by atoms with Crippen molar-refractivity contribution in [3.63, 3.8) is 0 Å². The fraction of sp³-hybridized carbons (Fsp3) is 0.391. The molecule has 2 aromatic carbocycles. The van der Waals surface area contributed by atoms with E-state index >= 15 is 0 Å². The van der Waals surface area contributed by atoms with E-state index in [-0.39, 0.29) is 18.4 Å². The number of hydrogen-bond donors (Lipinski definition) is 0. The van der Waals surface area contributed by atoms with Gasteiger partial charge in [-0.1, -0.05) is 48.0 Å². The van der Waals surface area contributed by atoms with Crippen molar-refractivity contribution in [2.24, 2.45) is 0 Å². The Hall–Kier alpha value is -2.82. The Labute approximate surface area is 166 Å². The normalized spacial score (nSPS) is 17.2. The lowest BCUT2D eigenvalue weighted by atomic mass is 10.1. The van der Waals surface area contributed by atoms with Crippen LogP contribution in [0, 0.1) is 13.8 Å². The van der Waals surface area contributed by atoms with Crippen LogP contribution in [-0.2, 0) is 16.0 Å². The molecule has 1 aliphatic rings. The van der Waals surface area contributed by atoms with E-state index in [0.717, 1.165) is 17.7 Å². The van der Waals surface area contributed by atoms with Gasteiger partial charge in [0.1, 0.15) is 18.4 Å². The van der Waals surface area contributed by atoms with Gasteiger partial charge in [-0.2, -0.15) is 0 Å². The van der Waals surface area contributed by atoms with Gasteiger partial charge < -0.3 is 14.5 Å². The van der Waals surface area contributed by atoms with Crippen LogP contribution in [0.5, 0.6) is 5.75 Å². The van der Waals surface area contributed by atoms with Crippen molar-refractivity contribution in [3.05, 3.63) is 65.2 Å². The summed E-state index contributed by atoms with van der Waals surface area (Å²) in [6.07, 6.45) is 0.752. The van der Waals surface area contributed by atoms with Crippen LogP contribution < -0.4 is 4.74 Å². The minimum atomic E-state index is -0.459. The van der Waals surface area contributed by atoms with Crippen LogP contribution >= 0.6 is 0 Å². The molecule has 3 rings (SSSR count). The maximum Gasteiger partial charge on any atom is 0.245 e. The van der Waals surface area contributed by atoms with Crippen molar-refractivity contribution in [2.75, 3.05) is 26.2 Å². The largest absolute Gasteiger partial charge is 0.491 e. The molecular weight excluding hydrogens is 352 g/mol. The first-order valence-corrected chi connectivity index (χ1v) is 9.78. The molecule has 28 heavy (non-hydrogen) atoms. The second-order valence-electron chi connectivity index (χ2n) is 7.38. The summed E-state index contributed by atoms with van der Waals surface area (Å²) < 4.78 is 5.84. The molecule has 0 aliphatic carbocycles. The maximum absolute atomic E-state index is 12.7. The molecule has 148 valence electrons. The second-order valence-corrected chi connectivity index (χ2v) is 7.38. The van der Waals surface area contributed by atoms with E-state index in [1.54, 1.807) is 16.7 Å². The smallest absolute Gasteiger partial charge is 0.245 e. The first kappa shape index (κ1) is 19.9. The highest BCUT2D eigenvalue weighted by atomic mass is 16.5. The average molecular weight is 380 g/mol. The number of piperazine rings is 1. The Morgan fingerprint density at radius 1 is 1.04 bits per heavy atom. The Kier molecular flexibility index (Phi) is 6.34. The van der Waals surface area contributed by atoms with Gasteiger partial charge in [0.15, 0.2) is 0 Å². The van der Waals surface area contributed by atoms with Crippen LogP contribution in [0.2, 0.25) is 0 Å². The number of amides is 2. The molecule has 1 atom stereocenters. The number of carbonyl (C=O) groups is 2. The summed E-state index contributed by atoms with van der Waals surface area (Å²) >= 11 is 0. The molecule has 5 heteroatoms. The van der Waals surface area contributed by atoms with Crippen molar-refractivity contribution in [1.29, 1.82) is 0 Å². The summed E-state index contributed by atoms with van der Waals surface area (Å²) in [5.41, 5.74) is 3.42. The summed E-state index contributed by atoms with van der Waals surface area (Å²) in [6.45, 7) is 7.32. The number of hydrogen-bond acceptors (Lipinski definition) is 3. The summed E-state index contributed by atoms with van der Waals surface area (Å²) in [5.74, 6) is 0.796. The summed E-state index contributed by atoms with van der Waals surface area (Å²) in [6, 6.07) is 15.6. The minimum Gasteiger partial charge on any atom is -0.491 e. The van der Waals surface area contributed by atoms with Gasteiger partial charge in [0, 0.05) is 6.54 Å². The molecule has 0 N–H and O–H groups in total. The summed E-state index contributed by atoms with van der Waals surface area (Å²) in [4.78, 5) is 28.6. The molecule has 1 heterocycles.